The molecule has 1 aliphatic rings. The lowest BCUT2D eigenvalue weighted by atomic mass is 9.83. The average molecular weight is 686 g/mol. The minimum Gasteiger partial charge on any atom is -0.293 e. The van der Waals surface area contributed by atoms with Crippen LogP contribution in [0.3, 0.4) is 0 Å². The molecule has 0 spiro atoms. The fourth-order valence-corrected chi connectivity index (χ4v) is 8.22. The van der Waals surface area contributed by atoms with Gasteiger partial charge < -0.3 is 0 Å². The molecule has 0 saturated carbocycles. The fraction of sp³-hybridized carbons (Fsp3) is 0.387. The number of carbonyl (C=O) groups excluding carboxylic acids is 1. The van der Waals surface area contributed by atoms with E-state index in [-0.39, 0.29) is 42.0 Å². The molecule has 0 saturated heterocycles. The summed E-state index contributed by atoms with van der Waals surface area (Å²) in [5.41, 5.74) is -0.00682. The van der Waals surface area contributed by atoms with E-state index >= 15 is 0 Å². The van der Waals surface area contributed by atoms with E-state index in [4.69, 9.17) is 31.6 Å². The third kappa shape index (κ3) is 7.32. The van der Waals surface area contributed by atoms with Gasteiger partial charge in [0.1, 0.15) is 0 Å². The van der Waals surface area contributed by atoms with Gasteiger partial charge in [-0.05, 0) is 58.4 Å². The molecule has 0 unspecified atom stereocenters. The predicted molar refractivity (Wildman–Crippen MR) is 171 cm³/mol. The predicted octanol–water partition coefficient (Wildman–Crippen LogP) is 7.67. The van der Waals surface area contributed by atoms with Gasteiger partial charge in [0.2, 0.25) is 0 Å². The molecule has 3 aromatic rings. The Morgan fingerprint density at radius 2 is 1.14 bits per heavy atom. The van der Waals surface area contributed by atoms with Crippen LogP contribution < -0.4 is 0 Å². The van der Waals surface area contributed by atoms with E-state index in [9.17, 15) is 21.6 Å². The second-order valence-corrected chi connectivity index (χ2v) is 17.6. The summed E-state index contributed by atoms with van der Waals surface area (Å²) >= 11 is 13.7. The van der Waals surface area contributed by atoms with Crippen molar-refractivity contribution in [2.75, 3.05) is 19.0 Å². The van der Waals surface area contributed by atoms with E-state index in [2.05, 4.69) is 0 Å². The van der Waals surface area contributed by atoms with Crippen molar-refractivity contribution in [3.8, 4) is 0 Å². The fourth-order valence-electron chi connectivity index (χ4n) is 4.43. The van der Waals surface area contributed by atoms with Crippen LogP contribution in [0.1, 0.15) is 63.0 Å². The monoisotopic (exact) mass is 684 g/mol. The Balaban J connectivity index is 1.65. The second kappa shape index (κ2) is 12.1. The quantitative estimate of drug-likeness (QED) is 0.223. The van der Waals surface area contributed by atoms with Crippen LogP contribution in [-0.4, -0.2) is 41.6 Å². The molecular formula is C31H34Cl2O7S3. The maximum absolute atomic E-state index is 14.0. The SMILES string of the molecule is CC(C)(C)c1ccc(S(=O)(=O)OCC2(COS(=O)(=O)c3ccc(C(C)(C)C)cc3)CSc3c(ccc(Cl)c3Cl)C2=O)cc1. The van der Waals surface area contributed by atoms with Gasteiger partial charge >= 0.3 is 0 Å². The van der Waals surface area contributed by atoms with Crippen LogP contribution in [0.25, 0.3) is 0 Å². The molecule has 0 fully saturated rings. The highest BCUT2D eigenvalue weighted by Crippen LogP contribution is 2.46. The molecular weight excluding hydrogens is 651 g/mol. The van der Waals surface area contributed by atoms with Gasteiger partial charge in [0.05, 0.1) is 38.5 Å². The summed E-state index contributed by atoms with van der Waals surface area (Å²) in [4.78, 5) is 14.2. The minimum absolute atomic E-state index is 0.0597. The number of fused-ring (bicyclic) bond motifs is 1. The topological polar surface area (TPSA) is 104 Å². The molecule has 0 aliphatic carbocycles. The van der Waals surface area contributed by atoms with Gasteiger partial charge in [-0.3, -0.25) is 13.2 Å². The number of hydrogen-bond donors (Lipinski definition) is 0. The van der Waals surface area contributed by atoms with Crippen molar-refractivity contribution >= 4 is 61.0 Å². The lowest BCUT2D eigenvalue weighted by Gasteiger charge is -2.35. The Kier molecular flexibility index (Phi) is 9.57. The van der Waals surface area contributed by atoms with Crippen molar-refractivity contribution in [1.82, 2.24) is 0 Å². The van der Waals surface area contributed by atoms with Gasteiger partial charge in [-0.1, -0.05) is 89.0 Å². The number of benzene rings is 3. The minimum atomic E-state index is -4.31. The number of rotatable bonds is 8. The zero-order chi connectivity index (χ0) is 32.0. The van der Waals surface area contributed by atoms with E-state index < -0.39 is 44.6 Å². The molecule has 0 N–H and O–H groups in total. The Morgan fingerprint density at radius 3 is 1.53 bits per heavy atom. The molecule has 1 heterocycles. The van der Waals surface area contributed by atoms with Gasteiger partial charge in [-0.25, -0.2) is 0 Å². The lowest BCUT2D eigenvalue weighted by Crippen LogP contribution is -2.46. The number of hydrogen-bond acceptors (Lipinski definition) is 8. The molecule has 232 valence electrons. The van der Waals surface area contributed by atoms with Crippen LogP contribution in [-0.2, 0) is 39.4 Å². The highest BCUT2D eigenvalue weighted by Gasteiger charge is 2.47. The number of carbonyl (C=O) groups is 1. The van der Waals surface area contributed by atoms with E-state index in [1.54, 1.807) is 24.3 Å². The van der Waals surface area contributed by atoms with E-state index in [0.717, 1.165) is 22.9 Å². The highest BCUT2D eigenvalue weighted by molar-refractivity contribution is 7.99. The van der Waals surface area contributed by atoms with Crippen molar-refractivity contribution in [3.63, 3.8) is 0 Å². The smallest absolute Gasteiger partial charge is 0.293 e. The third-order valence-corrected chi connectivity index (χ3v) is 12.1. The first-order chi connectivity index (χ1) is 19.8. The maximum Gasteiger partial charge on any atom is 0.297 e. The van der Waals surface area contributed by atoms with Gasteiger partial charge in [0.25, 0.3) is 20.2 Å². The molecule has 1 aliphatic heterocycles. The van der Waals surface area contributed by atoms with Crippen molar-refractivity contribution in [2.45, 2.75) is 67.1 Å². The van der Waals surface area contributed by atoms with Crippen LogP contribution in [0.15, 0.2) is 75.4 Å². The molecule has 43 heavy (non-hydrogen) atoms. The molecule has 0 bridgehead atoms. The van der Waals surface area contributed by atoms with Crippen molar-refractivity contribution in [1.29, 1.82) is 0 Å². The first-order valence-corrected chi connectivity index (χ1v) is 18.0. The average Bonchev–Trinajstić information content (AvgIpc) is 2.93. The summed E-state index contributed by atoms with van der Waals surface area (Å²) in [5.74, 6) is -0.619. The molecule has 4 rings (SSSR count). The van der Waals surface area contributed by atoms with Crippen LogP contribution in [0.4, 0.5) is 0 Å². The molecule has 3 aromatic carbocycles. The van der Waals surface area contributed by atoms with Crippen LogP contribution in [0.5, 0.6) is 0 Å². The molecule has 7 nitrogen and oxygen atoms in total. The van der Waals surface area contributed by atoms with Gasteiger partial charge in [-0.15, -0.1) is 11.8 Å². The van der Waals surface area contributed by atoms with Crippen molar-refractivity contribution < 1.29 is 30.0 Å². The van der Waals surface area contributed by atoms with E-state index in [0.29, 0.717) is 4.90 Å². The number of Topliss-reactive ketones (excluding diaryl/α,β-unsaturated/α-hetero) is 1. The first-order valence-electron chi connectivity index (χ1n) is 13.4. The van der Waals surface area contributed by atoms with E-state index in [1.165, 1.54) is 36.4 Å². The van der Waals surface area contributed by atoms with Gasteiger partial charge in [0, 0.05) is 16.2 Å². The van der Waals surface area contributed by atoms with Gasteiger partial charge in [0.15, 0.2) is 5.78 Å². The summed E-state index contributed by atoms with van der Waals surface area (Å²) in [6.45, 7) is 10.7. The molecule has 0 aromatic heterocycles. The van der Waals surface area contributed by atoms with Crippen LogP contribution >= 0.6 is 35.0 Å². The molecule has 0 atom stereocenters. The number of thioether (sulfide) groups is 1. The van der Waals surface area contributed by atoms with Crippen molar-refractivity contribution in [2.24, 2.45) is 5.41 Å². The maximum atomic E-state index is 14.0. The summed E-state index contributed by atoms with van der Waals surface area (Å²) in [5, 5.41) is 0.439. The summed E-state index contributed by atoms with van der Waals surface area (Å²) in [6, 6.07) is 15.5. The summed E-state index contributed by atoms with van der Waals surface area (Å²) in [7, 11) is -8.63. The van der Waals surface area contributed by atoms with Gasteiger partial charge in [-0.2, -0.15) is 16.8 Å². The highest BCUT2D eigenvalue weighted by atomic mass is 35.5. The molecule has 0 amide bonds. The first kappa shape index (κ1) is 34.0. The second-order valence-electron chi connectivity index (χ2n) is 12.6. The Hall–Kier alpha value is -1.92. The van der Waals surface area contributed by atoms with E-state index in [1.807, 2.05) is 41.5 Å². The molecule has 0 radical (unpaired) electrons. The zero-order valence-electron chi connectivity index (χ0n) is 24.7. The normalized spacial score (nSPS) is 15.8. The zero-order valence-corrected chi connectivity index (χ0v) is 28.7. The summed E-state index contributed by atoms with van der Waals surface area (Å²) < 4.78 is 63.8. The number of halogens is 2. The Morgan fingerprint density at radius 1 is 0.721 bits per heavy atom. The lowest BCUT2D eigenvalue weighted by molar-refractivity contribution is 0.0595. The van der Waals surface area contributed by atoms with Crippen molar-refractivity contribution in [3.05, 3.63) is 87.4 Å². The van der Waals surface area contributed by atoms with Crippen LogP contribution in [0.2, 0.25) is 10.0 Å². The van der Waals surface area contributed by atoms with Crippen LogP contribution in [0, 0.1) is 5.41 Å². The molecule has 12 heteroatoms. The Labute approximate surface area is 268 Å². The third-order valence-electron chi connectivity index (χ3n) is 7.27. The number of ketones is 1. The largest absolute Gasteiger partial charge is 0.297 e. The standard InChI is InChI=1S/C31H34Cl2O7S3/c1-29(2,3)20-7-11-22(12-8-20)42(35,36)39-17-31(19-41-27-24(28(31)34)15-16-25(32)26(27)33)18-40-43(37,38)23-13-9-21(10-14-23)30(4,5)6/h7-16H,17-19H2,1-6H3. The Bertz CT molecular complexity index is 1650. The summed E-state index contributed by atoms with van der Waals surface area (Å²) in [6.07, 6.45) is 0.